The van der Waals surface area contributed by atoms with Crippen molar-refractivity contribution >= 4 is 5.91 Å². The minimum atomic E-state index is -0.413. The summed E-state index contributed by atoms with van der Waals surface area (Å²) in [5, 5.41) is 0. The zero-order valence-corrected chi connectivity index (χ0v) is 13.0. The molecule has 3 nitrogen and oxygen atoms in total. The number of benzene rings is 1. The number of aryl methyl sites for hydroxylation is 2. The molecule has 1 amide bonds. The van der Waals surface area contributed by atoms with Gasteiger partial charge in [0.05, 0.1) is 0 Å². The van der Waals surface area contributed by atoms with Crippen LogP contribution in [0.15, 0.2) is 18.2 Å². The molecule has 1 saturated heterocycles. The van der Waals surface area contributed by atoms with E-state index in [4.69, 9.17) is 4.74 Å². The molecular formula is C17H25NO2. The van der Waals surface area contributed by atoms with Crippen LogP contribution in [0.2, 0.25) is 0 Å². The monoisotopic (exact) mass is 275 g/mol. The molecule has 0 unspecified atom stereocenters. The van der Waals surface area contributed by atoms with Crippen molar-refractivity contribution in [3.63, 3.8) is 0 Å². The Labute approximate surface area is 121 Å². The summed E-state index contributed by atoms with van der Waals surface area (Å²) in [6.45, 7) is 9.86. The minimum absolute atomic E-state index is 0.109. The predicted molar refractivity (Wildman–Crippen MR) is 81.0 cm³/mol. The van der Waals surface area contributed by atoms with Gasteiger partial charge in [-0.15, -0.1) is 0 Å². The number of hydrogen-bond donors (Lipinski definition) is 0. The fourth-order valence-corrected chi connectivity index (χ4v) is 2.56. The van der Waals surface area contributed by atoms with Crippen molar-refractivity contribution in [2.45, 2.75) is 46.6 Å². The van der Waals surface area contributed by atoms with Crippen LogP contribution < -0.4 is 4.74 Å². The number of carbonyl (C=O) groups excluding carboxylic acids is 1. The maximum atomic E-state index is 12.4. The number of piperidine rings is 1. The molecule has 1 atom stereocenters. The average Bonchev–Trinajstić information content (AvgIpc) is 2.43. The summed E-state index contributed by atoms with van der Waals surface area (Å²) in [5.74, 6) is 1.66. The molecule has 0 aromatic heterocycles. The van der Waals surface area contributed by atoms with Crippen molar-refractivity contribution in [1.29, 1.82) is 0 Å². The lowest BCUT2D eigenvalue weighted by Crippen LogP contribution is -2.44. The highest BCUT2D eigenvalue weighted by molar-refractivity contribution is 5.81. The number of rotatable bonds is 3. The van der Waals surface area contributed by atoms with Gasteiger partial charge in [0.2, 0.25) is 0 Å². The normalized spacial score (nSPS) is 17.9. The molecule has 1 aromatic carbocycles. The van der Waals surface area contributed by atoms with Crippen molar-refractivity contribution in [2.75, 3.05) is 13.1 Å². The van der Waals surface area contributed by atoms with Gasteiger partial charge in [-0.1, -0.05) is 19.1 Å². The van der Waals surface area contributed by atoms with E-state index in [-0.39, 0.29) is 5.91 Å². The molecule has 0 spiro atoms. The van der Waals surface area contributed by atoms with E-state index in [0.717, 1.165) is 48.7 Å². The van der Waals surface area contributed by atoms with Crippen LogP contribution in [-0.2, 0) is 4.79 Å². The molecule has 3 heteroatoms. The second-order valence-electron chi connectivity index (χ2n) is 6.04. The lowest BCUT2D eigenvalue weighted by molar-refractivity contribution is -0.139. The van der Waals surface area contributed by atoms with Gasteiger partial charge < -0.3 is 9.64 Å². The van der Waals surface area contributed by atoms with E-state index in [1.807, 2.05) is 37.8 Å². The van der Waals surface area contributed by atoms with Crippen LogP contribution in [0, 0.1) is 19.8 Å². The molecule has 1 aliphatic heterocycles. The highest BCUT2D eigenvalue weighted by Gasteiger charge is 2.25. The number of carbonyl (C=O) groups is 1. The number of likely N-dealkylation sites (tertiary alicyclic amines) is 1. The summed E-state index contributed by atoms with van der Waals surface area (Å²) in [4.78, 5) is 14.3. The van der Waals surface area contributed by atoms with E-state index >= 15 is 0 Å². The molecule has 2 rings (SSSR count). The van der Waals surface area contributed by atoms with E-state index < -0.39 is 6.10 Å². The molecular weight excluding hydrogens is 250 g/mol. The van der Waals surface area contributed by atoms with Gasteiger partial charge in [0.25, 0.3) is 5.91 Å². The highest BCUT2D eigenvalue weighted by atomic mass is 16.5. The smallest absolute Gasteiger partial charge is 0.263 e. The van der Waals surface area contributed by atoms with Crippen molar-refractivity contribution in [1.82, 2.24) is 4.90 Å². The van der Waals surface area contributed by atoms with Gasteiger partial charge in [-0.25, -0.2) is 0 Å². The summed E-state index contributed by atoms with van der Waals surface area (Å²) >= 11 is 0. The van der Waals surface area contributed by atoms with Gasteiger partial charge in [0.15, 0.2) is 6.10 Å². The summed E-state index contributed by atoms with van der Waals surface area (Å²) in [5.41, 5.74) is 2.22. The Morgan fingerprint density at radius 3 is 2.60 bits per heavy atom. The molecule has 20 heavy (non-hydrogen) atoms. The number of ether oxygens (including phenoxy) is 1. The Morgan fingerprint density at radius 1 is 1.30 bits per heavy atom. The van der Waals surface area contributed by atoms with Crippen molar-refractivity contribution in [3.05, 3.63) is 29.3 Å². The SMILES string of the molecule is Cc1ccc(C)c(O[C@@H](C)C(=O)N2CCC(C)CC2)c1. The van der Waals surface area contributed by atoms with Crippen LogP contribution in [0.25, 0.3) is 0 Å². The molecule has 110 valence electrons. The molecule has 0 N–H and O–H groups in total. The second-order valence-corrected chi connectivity index (χ2v) is 6.04. The molecule has 1 heterocycles. The Balaban J connectivity index is 1.98. The number of amides is 1. The maximum absolute atomic E-state index is 12.4. The van der Waals surface area contributed by atoms with Crippen LogP contribution in [0.5, 0.6) is 5.75 Å². The molecule has 0 aliphatic carbocycles. The molecule has 1 aliphatic rings. The number of hydrogen-bond acceptors (Lipinski definition) is 2. The zero-order valence-electron chi connectivity index (χ0n) is 13.0. The third-order valence-electron chi connectivity index (χ3n) is 4.09. The van der Waals surface area contributed by atoms with Crippen LogP contribution in [0.3, 0.4) is 0 Å². The number of nitrogens with zero attached hydrogens (tertiary/aromatic N) is 1. The van der Waals surface area contributed by atoms with E-state index in [1.54, 1.807) is 0 Å². The summed E-state index contributed by atoms with van der Waals surface area (Å²) in [6.07, 6.45) is 1.79. The van der Waals surface area contributed by atoms with Gasteiger partial charge in [-0.2, -0.15) is 0 Å². The molecule has 1 aromatic rings. The van der Waals surface area contributed by atoms with E-state index in [0.29, 0.717) is 0 Å². The van der Waals surface area contributed by atoms with Crippen LogP contribution >= 0.6 is 0 Å². The Hall–Kier alpha value is -1.51. The average molecular weight is 275 g/mol. The van der Waals surface area contributed by atoms with Gasteiger partial charge in [0.1, 0.15) is 5.75 Å². The second kappa shape index (κ2) is 6.29. The van der Waals surface area contributed by atoms with Crippen LogP contribution in [0.1, 0.15) is 37.8 Å². The van der Waals surface area contributed by atoms with Gasteiger partial charge >= 0.3 is 0 Å². The van der Waals surface area contributed by atoms with Crippen LogP contribution in [-0.4, -0.2) is 30.0 Å². The summed E-state index contributed by atoms with van der Waals surface area (Å²) < 4.78 is 5.88. The van der Waals surface area contributed by atoms with Gasteiger partial charge in [0, 0.05) is 13.1 Å². The predicted octanol–water partition coefficient (Wildman–Crippen LogP) is 3.33. The van der Waals surface area contributed by atoms with Crippen LogP contribution in [0.4, 0.5) is 0 Å². The summed E-state index contributed by atoms with van der Waals surface area (Å²) in [7, 11) is 0. The Morgan fingerprint density at radius 2 is 1.95 bits per heavy atom. The first kappa shape index (κ1) is 14.9. The van der Waals surface area contributed by atoms with Gasteiger partial charge in [-0.3, -0.25) is 4.79 Å². The van der Waals surface area contributed by atoms with E-state index in [9.17, 15) is 4.79 Å². The van der Waals surface area contributed by atoms with Crippen molar-refractivity contribution in [3.8, 4) is 5.75 Å². The topological polar surface area (TPSA) is 29.5 Å². The molecule has 1 fully saturated rings. The third-order valence-corrected chi connectivity index (χ3v) is 4.09. The lowest BCUT2D eigenvalue weighted by atomic mass is 9.99. The van der Waals surface area contributed by atoms with Crippen molar-refractivity contribution in [2.24, 2.45) is 5.92 Å². The molecule has 0 bridgehead atoms. The standard InChI is InChI=1S/C17H25NO2/c1-12-7-9-18(10-8-12)17(19)15(4)20-16-11-13(2)5-6-14(16)3/h5-6,11-12,15H,7-10H2,1-4H3/t15-/m0/s1. The minimum Gasteiger partial charge on any atom is -0.481 e. The fourth-order valence-electron chi connectivity index (χ4n) is 2.56. The lowest BCUT2D eigenvalue weighted by Gasteiger charge is -2.32. The maximum Gasteiger partial charge on any atom is 0.263 e. The molecule has 0 saturated carbocycles. The fraction of sp³-hybridized carbons (Fsp3) is 0.588. The quantitative estimate of drug-likeness (QED) is 0.847. The largest absolute Gasteiger partial charge is 0.481 e. The Kier molecular flexibility index (Phi) is 4.69. The zero-order chi connectivity index (χ0) is 14.7. The third kappa shape index (κ3) is 3.53. The Bertz CT molecular complexity index is 476. The van der Waals surface area contributed by atoms with E-state index in [2.05, 4.69) is 13.0 Å². The first-order chi connectivity index (χ1) is 9.47. The summed E-state index contributed by atoms with van der Waals surface area (Å²) in [6, 6.07) is 6.09. The highest BCUT2D eigenvalue weighted by Crippen LogP contribution is 2.22. The van der Waals surface area contributed by atoms with E-state index in [1.165, 1.54) is 0 Å². The van der Waals surface area contributed by atoms with Gasteiger partial charge in [-0.05, 0) is 56.7 Å². The van der Waals surface area contributed by atoms with Crippen molar-refractivity contribution < 1.29 is 9.53 Å². The first-order valence-corrected chi connectivity index (χ1v) is 7.50. The molecule has 0 radical (unpaired) electrons. The first-order valence-electron chi connectivity index (χ1n) is 7.50.